The summed E-state index contributed by atoms with van der Waals surface area (Å²) in [6.45, 7) is 2.72. The van der Waals surface area contributed by atoms with Crippen LogP contribution in [0.15, 0.2) is 24.3 Å². The number of rotatable bonds is 2. The minimum absolute atomic E-state index is 0.436. The van der Waals surface area contributed by atoms with Crippen LogP contribution in [0.1, 0.15) is 39.9 Å². The lowest BCUT2D eigenvalue weighted by Crippen LogP contribution is -1.94. The summed E-state index contributed by atoms with van der Waals surface area (Å²) in [6.07, 6.45) is -3.27. The molecule has 0 aliphatic carbocycles. The summed E-state index contributed by atoms with van der Waals surface area (Å²) >= 11 is 0. The molecule has 1 aromatic rings. The molecule has 0 amide bonds. The van der Waals surface area contributed by atoms with Crippen LogP contribution in [0.3, 0.4) is 0 Å². The highest BCUT2D eigenvalue weighted by Gasteiger charge is 2.02. The topological polar surface area (TPSA) is 40.5 Å². The SMILES string of the molecule is [2H][C@@](C)(O)c1ccc([C@]([2H])(C)O)cc1. The predicted octanol–water partition coefficient (Wildman–Crippen LogP) is 1.79. The second kappa shape index (κ2) is 3.70. The fourth-order valence-electron chi connectivity index (χ4n) is 0.953. The van der Waals surface area contributed by atoms with E-state index in [1.54, 1.807) is 0 Å². The minimum Gasteiger partial charge on any atom is -0.389 e. The van der Waals surface area contributed by atoms with Gasteiger partial charge in [-0.3, -0.25) is 0 Å². The summed E-state index contributed by atoms with van der Waals surface area (Å²) in [5.74, 6) is 0. The van der Waals surface area contributed by atoms with Crippen molar-refractivity contribution in [1.82, 2.24) is 0 Å². The first-order valence-electron chi connectivity index (χ1n) is 4.77. The quantitative estimate of drug-likeness (QED) is 0.706. The van der Waals surface area contributed by atoms with E-state index in [9.17, 15) is 10.2 Å². The van der Waals surface area contributed by atoms with Gasteiger partial charge in [0, 0.05) is 0 Å². The maximum absolute atomic E-state index is 9.34. The van der Waals surface area contributed by atoms with Crippen molar-refractivity contribution in [2.75, 3.05) is 0 Å². The Morgan fingerprint density at radius 3 is 1.42 bits per heavy atom. The molecule has 1 aromatic carbocycles. The molecular weight excluding hydrogens is 152 g/mol. The summed E-state index contributed by atoms with van der Waals surface area (Å²) in [5, 5.41) is 18.7. The fourth-order valence-corrected chi connectivity index (χ4v) is 0.953. The molecule has 0 heterocycles. The third kappa shape index (κ3) is 2.06. The monoisotopic (exact) mass is 168 g/mol. The molecule has 2 N–H and O–H groups in total. The van der Waals surface area contributed by atoms with E-state index in [4.69, 9.17) is 2.74 Å². The van der Waals surface area contributed by atoms with Crippen molar-refractivity contribution in [3.8, 4) is 0 Å². The lowest BCUT2D eigenvalue weighted by Gasteiger charge is -2.07. The normalized spacial score (nSPS) is 23.3. The van der Waals surface area contributed by atoms with Crippen molar-refractivity contribution in [2.24, 2.45) is 0 Å². The van der Waals surface area contributed by atoms with Crippen LogP contribution in [0, 0.1) is 0 Å². The van der Waals surface area contributed by atoms with E-state index in [1.807, 2.05) is 0 Å². The van der Waals surface area contributed by atoms with Crippen LogP contribution < -0.4 is 0 Å². The summed E-state index contributed by atoms with van der Waals surface area (Å²) in [5.41, 5.74) is 0.871. The van der Waals surface area contributed by atoms with Gasteiger partial charge in [0.15, 0.2) is 0 Å². The van der Waals surface area contributed by atoms with E-state index in [-0.39, 0.29) is 0 Å². The van der Waals surface area contributed by atoms with Crippen LogP contribution in [0.4, 0.5) is 0 Å². The van der Waals surface area contributed by atoms with Crippen molar-refractivity contribution in [3.05, 3.63) is 35.4 Å². The lowest BCUT2D eigenvalue weighted by atomic mass is 10.1. The van der Waals surface area contributed by atoms with Gasteiger partial charge in [-0.15, -0.1) is 0 Å². The average molecular weight is 168 g/mol. The molecule has 0 aliphatic heterocycles. The first-order chi connectivity index (χ1) is 6.21. The molecule has 0 saturated heterocycles. The third-order valence-electron chi connectivity index (χ3n) is 1.72. The predicted molar refractivity (Wildman–Crippen MR) is 47.7 cm³/mol. The first-order valence-corrected chi connectivity index (χ1v) is 3.77. The van der Waals surface area contributed by atoms with Crippen LogP contribution in [0.5, 0.6) is 0 Å². The van der Waals surface area contributed by atoms with E-state index in [1.165, 1.54) is 38.1 Å². The molecule has 2 heteroatoms. The zero-order chi connectivity index (χ0) is 11.0. The summed E-state index contributed by atoms with van der Waals surface area (Å²) < 4.78 is 14.7. The average Bonchev–Trinajstić information content (AvgIpc) is 2.01. The molecule has 0 fully saturated rings. The molecule has 2 atom stereocenters. The Bertz CT molecular complexity index is 273. The number of hydrogen-bond acceptors (Lipinski definition) is 2. The van der Waals surface area contributed by atoms with Gasteiger partial charge in [-0.2, -0.15) is 0 Å². The molecule has 0 aromatic heterocycles. The van der Waals surface area contributed by atoms with Crippen LogP contribution in [0.2, 0.25) is 0 Å². The van der Waals surface area contributed by atoms with E-state index in [0.717, 1.165) is 0 Å². The Morgan fingerprint density at radius 1 is 1.00 bits per heavy atom. The van der Waals surface area contributed by atoms with E-state index < -0.39 is 12.2 Å². The maximum atomic E-state index is 9.34. The molecule has 12 heavy (non-hydrogen) atoms. The second-order valence-corrected chi connectivity index (χ2v) is 2.75. The molecule has 0 aliphatic rings. The van der Waals surface area contributed by atoms with E-state index in [2.05, 4.69) is 0 Å². The Morgan fingerprint density at radius 2 is 1.25 bits per heavy atom. The Balaban J connectivity index is 3.02. The molecule has 0 spiro atoms. The molecule has 0 saturated carbocycles. The molecule has 0 bridgehead atoms. The molecule has 66 valence electrons. The van der Waals surface area contributed by atoms with Gasteiger partial charge < -0.3 is 10.2 Å². The highest BCUT2D eigenvalue weighted by molar-refractivity contribution is 5.24. The summed E-state index contributed by atoms with van der Waals surface area (Å²) in [4.78, 5) is 0. The first kappa shape index (κ1) is 6.63. The lowest BCUT2D eigenvalue weighted by molar-refractivity contribution is 0.195. The number of hydrogen-bond donors (Lipinski definition) is 2. The Hall–Kier alpha value is -0.860. The molecule has 0 unspecified atom stereocenters. The van der Waals surface area contributed by atoms with Crippen molar-refractivity contribution >= 4 is 0 Å². The van der Waals surface area contributed by atoms with Gasteiger partial charge in [-0.1, -0.05) is 24.3 Å². The molecule has 0 radical (unpaired) electrons. The number of benzene rings is 1. The molecule has 2 nitrogen and oxygen atoms in total. The second-order valence-electron chi connectivity index (χ2n) is 2.75. The maximum Gasteiger partial charge on any atom is 0.0761 e. The van der Waals surface area contributed by atoms with E-state index in [0.29, 0.717) is 11.1 Å². The zero-order valence-corrected chi connectivity index (χ0v) is 7.20. The van der Waals surface area contributed by atoms with Gasteiger partial charge in [0.25, 0.3) is 0 Å². The Labute approximate surface area is 75.3 Å². The van der Waals surface area contributed by atoms with Crippen molar-refractivity contribution < 1.29 is 13.0 Å². The molecular formula is C10H14O2. The largest absolute Gasteiger partial charge is 0.389 e. The summed E-state index contributed by atoms with van der Waals surface area (Å²) in [7, 11) is 0. The van der Waals surface area contributed by atoms with Gasteiger partial charge in [-0.05, 0) is 25.0 Å². The van der Waals surface area contributed by atoms with Crippen molar-refractivity contribution in [2.45, 2.75) is 26.0 Å². The highest BCUT2D eigenvalue weighted by Crippen LogP contribution is 2.16. The number of aliphatic hydroxyl groups is 2. The molecule has 1 rings (SSSR count). The van der Waals surface area contributed by atoms with Gasteiger partial charge in [0.1, 0.15) is 0 Å². The van der Waals surface area contributed by atoms with Crippen LogP contribution in [-0.2, 0) is 0 Å². The standard InChI is InChI=1S/C10H14O2/c1-7(11)9-3-5-10(6-4-9)8(2)12/h3-8,11-12H,1-2H3/t7-,8-/m0/s1/i7D,8D. The smallest absolute Gasteiger partial charge is 0.0761 e. The Kier molecular flexibility index (Phi) is 2.04. The summed E-state index contributed by atoms with van der Waals surface area (Å²) in [6, 6.07) is 6.13. The van der Waals surface area contributed by atoms with Crippen molar-refractivity contribution in [3.63, 3.8) is 0 Å². The van der Waals surface area contributed by atoms with Gasteiger partial charge in [-0.25, -0.2) is 0 Å². The third-order valence-corrected chi connectivity index (χ3v) is 1.72. The van der Waals surface area contributed by atoms with Gasteiger partial charge in [0.2, 0.25) is 0 Å². The van der Waals surface area contributed by atoms with Crippen LogP contribution in [-0.4, -0.2) is 10.2 Å². The van der Waals surface area contributed by atoms with Crippen LogP contribution in [0.25, 0.3) is 0 Å². The fraction of sp³-hybridized carbons (Fsp3) is 0.400. The highest BCUT2D eigenvalue weighted by atomic mass is 16.3. The minimum atomic E-state index is -1.63. The van der Waals surface area contributed by atoms with Gasteiger partial charge in [0.05, 0.1) is 14.9 Å². The van der Waals surface area contributed by atoms with E-state index >= 15 is 0 Å². The van der Waals surface area contributed by atoms with Gasteiger partial charge >= 0.3 is 0 Å². The van der Waals surface area contributed by atoms with Crippen molar-refractivity contribution in [1.29, 1.82) is 0 Å². The van der Waals surface area contributed by atoms with Crippen LogP contribution >= 0.6 is 0 Å². The zero-order valence-electron chi connectivity index (χ0n) is 9.20.